The van der Waals surface area contributed by atoms with Gasteiger partial charge in [-0.15, -0.1) is 0 Å². The minimum absolute atomic E-state index is 0.143. The highest BCUT2D eigenvalue weighted by Gasteiger charge is 2.20. The standard InChI is InChI=1S/C11H5BrFN3O5/c12-6-3-10(16(19)20)11(14-5-6)21-7-1-2-9(15(17)18)8(13)4-7/h1-5H. The second kappa shape index (κ2) is 5.79. The van der Waals surface area contributed by atoms with Gasteiger partial charge in [-0.05, 0) is 22.0 Å². The van der Waals surface area contributed by atoms with Crippen LogP contribution in [0.4, 0.5) is 15.8 Å². The van der Waals surface area contributed by atoms with Crippen LogP contribution in [0.15, 0.2) is 34.9 Å². The summed E-state index contributed by atoms with van der Waals surface area (Å²) in [5.74, 6) is -1.61. The van der Waals surface area contributed by atoms with Crippen LogP contribution in [0, 0.1) is 26.0 Å². The number of ether oxygens (including phenoxy) is 1. The monoisotopic (exact) mass is 357 g/mol. The van der Waals surface area contributed by atoms with E-state index < -0.39 is 27.0 Å². The molecule has 0 saturated heterocycles. The SMILES string of the molecule is O=[N+]([O-])c1ccc(Oc2ncc(Br)cc2[N+](=O)[O-])cc1F. The summed E-state index contributed by atoms with van der Waals surface area (Å²) in [4.78, 5) is 23.5. The second-order valence-corrected chi connectivity index (χ2v) is 4.62. The molecule has 0 N–H and O–H groups in total. The summed E-state index contributed by atoms with van der Waals surface area (Å²) in [5, 5.41) is 21.4. The van der Waals surface area contributed by atoms with Gasteiger partial charge in [-0.3, -0.25) is 20.2 Å². The summed E-state index contributed by atoms with van der Waals surface area (Å²) in [6.07, 6.45) is 1.27. The Morgan fingerprint density at radius 3 is 2.38 bits per heavy atom. The van der Waals surface area contributed by atoms with Gasteiger partial charge in [-0.25, -0.2) is 4.98 Å². The molecule has 0 radical (unpaired) electrons. The van der Waals surface area contributed by atoms with E-state index in [1.807, 2.05) is 0 Å². The lowest BCUT2D eigenvalue weighted by molar-refractivity contribution is -0.387. The largest absolute Gasteiger partial charge is 0.434 e. The fourth-order valence-corrected chi connectivity index (χ4v) is 1.76. The molecule has 0 aliphatic heterocycles. The van der Waals surface area contributed by atoms with E-state index >= 15 is 0 Å². The normalized spacial score (nSPS) is 10.2. The molecule has 21 heavy (non-hydrogen) atoms. The molecule has 1 aromatic heterocycles. The van der Waals surface area contributed by atoms with Gasteiger partial charge in [0.05, 0.1) is 9.85 Å². The predicted molar refractivity (Wildman–Crippen MR) is 71.7 cm³/mol. The van der Waals surface area contributed by atoms with Gasteiger partial charge in [0, 0.05) is 28.9 Å². The van der Waals surface area contributed by atoms with Crippen molar-refractivity contribution in [1.29, 1.82) is 0 Å². The van der Waals surface area contributed by atoms with E-state index in [-0.39, 0.29) is 11.6 Å². The molecule has 0 bridgehead atoms. The lowest BCUT2D eigenvalue weighted by atomic mass is 10.3. The maximum absolute atomic E-state index is 13.4. The molecule has 8 nitrogen and oxygen atoms in total. The van der Waals surface area contributed by atoms with Gasteiger partial charge in [0.25, 0.3) is 5.88 Å². The number of hydrogen-bond donors (Lipinski definition) is 0. The fraction of sp³-hybridized carbons (Fsp3) is 0. The molecule has 2 rings (SSSR count). The first kappa shape index (κ1) is 14.8. The number of pyridine rings is 1. The number of benzene rings is 1. The minimum Gasteiger partial charge on any atom is -0.434 e. The number of nitrogens with zero attached hydrogens (tertiary/aromatic N) is 3. The Labute approximate surface area is 124 Å². The van der Waals surface area contributed by atoms with Crippen LogP contribution >= 0.6 is 15.9 Å². The van der Waals surface area contributed by atoms with Crippen LogP contribution < -0.4 is 4.74 Å². The van der Waals surface area contributed by atoms with Crippen LogP contribution in [0.5, 0.6) is 11.6 Å². The first-order chi connectivity index (χ1) is 9.88. The van der Waals surface area contributed by atoms with Crippen LogP contribution in [-0.2, 0) is 0 Å². The summed E-state index contributed by atoms with van der Waals surface area (Å²) >= 11 is 3.03. The van der Waals surface area contributed by atoms with Crippen molar-refractivity contribution in [3.63, 3.8) is 0 Å². The minimum atomic E-state index is -1.11. The first-order valence-corrected chi connectivity index (χ1v) is 6.09. The molecule has 108 valence electrons. The summed E-state index contributed by atoms with van der Waals surface area (Å²) in [5.41, 5.74) is -1.15. The van der Waals surface area contributed by atoms with Crippen LogP contribution in [0.2, 0.25) is 0 Å². The quantitative estimate of drug-likeness (QED) is 0.610. The molecule has 0 spiro atoms. The Morgan fingerprint density at radius 1 is 1.14 bits per heavy atom. The second-order valence-electron chi connectivity index (χ2n) is 3.71. The molecule has 1 aromatic carbocycles. The molecule has 0 atom stereocenters. The number of rotatable bonds is 4. The molecule has 0 aliphatic rings. The number of nitro benzene ring substituents is 1. The zero-order valence-electron chi connectivity index (χ0n) is 10.0. The third-order valence-electron chi connectivity index (χ3n) is 2.33. The van der Waals surface area contributed by atoms with Crippen LogP contribution in [-0.4, -0.2) is 14.8 Å². The Morgan fingerprint density at radius 2 is 1.81 bits per heavy atom. The summed E-state index contributed by atoms with van der Waals surface area (Å²) < 4.78 is 18.9. The molecular weight excluding hydrogens is 353 g/mol. The Hall–Kier alpha value is -2.62. The molecule has 0 amide bonds. The fourth-order valence-electron chi connectivity index (χ4n) is 1.44. The van der Waals surface area contributed by atoms with Crippen molar-refractivity contribution >= 4 is 27.3 Å². The van der Waals surface area contributed by atoms with E-state index in [0.29, 0.717) is 4.47 Å². The van der Waals surface area contributed by atoms with E-state index in [9.17, 15) is 24.6 Å². The lowest BCUT2D eigenvalue weighted by Gasteiger charge is -2.05. The number of halogens is 2. The highest BCUT2D eigenvalue weighted by Crippen LogP contribution is 2.32. The number of nitro groups is 2. The highest BCUT2D eigenvalue weighted by atomic mass is 79.9. The topological polar surface area (TPSA) is 108 Å². The molecule has 0 unspecified atom stereocenters. The van der Waals surface area contributed by atoms with E-state index in [2.05, 4.69) is 20.9 Å². The van der Waals surface area contributed by atoms with Gasteiger partial charge < -0.3 is 4.74 Å². The third-order valence-corrected chi connectivity index (χ3v) is 2.76. The molecule has 0 aliphatic carbocycles. The maximum Gasteiger partial charge on any atom is 0.332 e. The first-order valence-electron chi connectivity index (χ1n) is 5.30. The van der Waals surface area contributed by atoms with Crippen molar-refractivity contribution in [2.24, 2.45) is 0 Å². The molecular formula is C11H5BrFN3O5. The maximum atomic E-state index is 13.4. The van der Waals surface area contributed by atoms with E-state index in [1.54, 1.807) is 0 Å². The number of hydrogen-bond acceptors (Lipinski definition) is 6. The van der Waals surface area contributed by atoms with Crippen LogP contribution in [0.1, 0.15) is 0 Å². The molecule has 0 saturated carbocycles. The van der Waals surface area contributed by atoms with Crippen LogP contribution in [0.3, 0.4) is 0 Å². The summed E-state index contributed by atoms with van der Waals surface area (Å²) in [7, 11) is 0. The van der Waals surface area contributed by atoms with Gasteiger partial charge in [0.2, 0.25) is 5.82 Å². The van der Waals surface area contributed by atoms with Crippen molar-refractivity contribution in [3.8, 4) is 11.6 Å². The zero-order valence-corrected chi connectivity index (χ0v) is 11.6. The lowest BCUT2D eigenvalue weighted by Crippen LogP contribution is -1.97. The van der Waals surface area contributed by atoms with Gasteiger partial charge in [-0.1, -0.05) is 0 Å². The Bertz CT molecular complexity index is 740. The molecule has 10 heteroatoms. The molecule has 0 fully saturated rings. The van der Waals surface area contributed by atoms with E-state index in [1.165, 1.54) is 12.3 Å². The zero-order chi connectivity index (χ0) is 15.6. The van der Waals surface area contributed by atoms with E-state index in [0.717, 1.165) is 18.2 Å². The van der Waals surface area contributed by atoms with Crippen LogP contribution in [0.25, 0.3) is 0 Å². The van der Waals surface area contributed by atoms with Crippen molar-refractivity contribution in [2.75, 3.05) is 0 Å². The molecule has 2 aromatic rings. The highest BCUT2D eigenvalue weighted by molar-refractivity contribution is 9.10. The van der Waals surface area contributed by atoms with Gasteiger partial charge in [0.15, 0.2) is 0 Å². The summed E-state index contributed by atoms with van der Waals surface area (Å²) in [6.45, 7) is 0. The van der Waals surface area contributed by atoms with E-state index in [4.69, 9.17) is 4.74 Å². The Kier molecular flexibility index (Phi) is 4.08. The van der Waals surface area contributed by atoms with Crippen molar-refractivity contribution < 1.29 is 19.0 Å². The third kappa shape index (κ3) is 3.28. The van der Waals surface area contributed by atoms with Crippen molar-refractivity contribution in [2.45, 2.75) is 0 Å². The molecule has 1 heterocycles. The predicted octanol–water partition coefficient (Wildman–Crippen LogP) is 3.59. The summed E-state index contributed by atoms with van der Waals surface area (Å²) in [6, 6.07) is 3.94. The van der Waals surface area contributed by atoms with Crippen molar-refractivity contribution in [3.05, 3.63) is 61.0 Å². The number of aromatic nitrogens is 1. The average Bonchev–Trinajstić information content (AvgIpc) is 2.40. The Balaban J connectivity index is 2.37. The van der Waals surface area contributed by atoms with Crippen molar-refractivity contribution in [1.82, 2.24) is 4.98 Å². The van der Waals surface area contributed by atoms with Gasteiger partial charge in [-0.2, -0.15) is 4.39 Å². The smallest absolute Gasteiger partial charge is 0.332 e. The van der Waals surface area contributed by atoms with Gasteiger partial charge in [0.1, 0.15) is 5.75 Å². The average molecular weight is 358 g/mol. The van der Waals surface area contributed by atoms with Gasteiger partial charge >= 0.3 is 11.4 Å².